The fourth-order valence-corrected chi connectivity index (χ4v) is 4.44. The average molecular weight is 440 g/mol. The molecule has 0 aromatic heterocycles. The topological polar surface area (TPSA) is 89.1 Å². The molecular weight excluding hydrogens is 412 g/mol. The third-order valence-corrected chi connectivity index (χ3v) is 6.41. The molecule has 0 fully saturated rings. The molecular formula is C24H27N2O4S+. The first-order chi connectivity index (χ1) is 14.8. The fraction of sp³-hybridized carbons (Fsp3) is 0.208. The summed E-state index contributed by atoms with van der Waals surface area (Å²) in [6.07, 6.45) is 0. The Morgan fingerprint density at radius 2 is 1.61 bits per heavy atom. The molecule has 0 saturated carbocycles. The predicted octanol–water partition coefficient (Wildman–Crippen LogP) is 2.93. The molecule has 3 aromatic rings. The van der Waals surface area contributed by atoms with Crippen molar-refractivity contribution in [2.75, 3.05) is 18.4 Å². The molecule has 6 nitrogen and oxygen atoms in total. The van der Waals surface area contributed by atoms with E-state index in [1.807, 2.05) is 61.6 Å². The second-order valence-electron chi connectivity index (χ2n) is 7.41. The lowest BCUT2D eigenvalue weighted by Gasteiger charge is -2.21. The first kappa shape index (κ1) is 22.5. The average Bonchev–Trinajstić information content (AvgIpc) is 2.76. The van der Waals surface area contributed by atoms with Gasteiger partial charge in [-0.3, -0.25) is 4.72 Å². The Hall–Kier alpha value is -3.16. The van der Waals surface area contributed by atoms with Crippen molar-refractivity contribution in [2.45, 2.75) is 24.8 Å². The summed E-state index contributed by atoms with van der Waals surface area (Å²) in [5.74, 6) is -0.352. The van der Waals surface area contributed by atoms with Crippen molar-refractivity contribution in [1.29, 1.82) is 0 Å². The Morgan fingerprint density at radius 3 is 2.26 bits per heavy atom. The Balaban J connectivity index is 2.03. The molecule has 7 heteroatoms. The van der Waals surface area contributed by atoms with Crippen LogP contribution in [0.2, 0.25) is 0 Å². The number of nitrogens with two attached hydrogens (primary N) is 1. The van der Waals surface area contributed by atoms with Gasteiger partial charge in [-0.1, -0.05) is 59.7 Å². The van der Waals surface area contributed by atoms with Gasteiger partial charge >= 0.3 is 5.97 Å². The number of aryl methyl sites for hydroxylation is 2. The smallest absolute Gasteiger partial charge is 0.361 e. The van der Waals surface area contributed by atoms with Crippen LogP contribution in [-0.2, 0) is 19.6 Å². The summed E-state index contributed by atoms with van der Waals surface area (Å²) in [5.41, 5.74) is 4.16. The summed E-state index contributed by atoms with van der Waals surface area (Å²) in [4.78, 5) is 12.0. The fourth-order valence-electron chi connectivity index (χ4n) is 3.35. The van der Waals surface area contributed by atoms with E-state index in [9.17, 15) is 13.2 Å². The molecule has 0 bridgehead atoms. The van der Waals surface area contributed by atoms with E-state index in [2.05, 4.69) is 4.72 Å². The maximum Gasteiger partial charge on any atom is 0.361 e. The number of hydrogen-bond donors (Lipinski definition) is 2. The van der Waals surface area contributed by atoms with Gasteiger partial charge in [0.25, 0.3) is 10.0 Å². The van der Waals surface area contributed by atoms with Crippen LogP contribution in [0.5, 0.6) is 0 Å². The quantitative estimate of drug-likeness (QED) is 0.528. The molecule has 0 aliphatic rings. The Labute approximate surface area is 183 Å². The van der Waals surface area contributed by atoms with E-state index in [4.69, 9.17) is 4.74 Å². The maximum absolute atomic E-state index is 13.0. The van der Waals surface area contributed by atoms with Gasteiger partial charge < -0.3 is 10.1 Å². The number of hydrogen-bond acceptors (Lipinski definition) is 4. The van der Waals surface area contributed by atoms with E-state index >= 15 is 0 Å². The number of methoxy groups -OCH3 is 1. The number of nitrogens with one attached hydrogen (secondary N) is 1. The zero-order valence-electron chi connectivity index (χ0n) is 17.8. The van der Waals surface area contributed by atoms with Gasteiger partial charge in [-0.05, 0) is 38.1 Å². The minimum Gasteiger partial charge on any atom is -0.465 e. The number of carbonyl (C=O) groups is 1. The minimum absolute atomic E-state index is 0.105. The number of rotatable bonds is 8. The van der Waals surface area contributed by atoms with Crippen LogP contribution in [-0.4, -0.2) is 28.0 Å². The van der Waals surface area contributed by atoms with Gasteiger partial charge in [0.15, 0.2) is 6.54 Å². The maximum atomic E-state index is 13.0. The first-order valence-electron chi connectivity index (χ1n) is 9.95. The summed E-state index contributed by atoms with van der Waals surface area (Å²) in [6, 6.07) is 21.6. The Bertz CT molecular complexity index is 1140. The van der Waals surface area contributed by atoms with Crippen LogP contribution in [0.1, 0.15) is 28.3 Å². The van der Waals surface area contributed by atoms with Crippen LogP contribution in [0.15, 0.2) is 77.7 Å². The van der Waals surface area contributed by atoms with Crippen LogP contribution in [0.25, 0.3) is 0 Å². The molecule has 0 amide bonds. The molecule has 0 spiro atoms. The number of carbonyl (C=O) groups excluding carboxylic acids is 1. The van der Waals surface area contributed by atoms with E-state index < -0.39 is 10.0 Å². The zero-order valence-corrected chi connectivity index (χ0v) is 18.6. The van der Waals surface area contributed by atoms with Crippen molar-refractivity contribution < 1.29 is 23.3 Å². The molecule has 0 saturated heterocycles. The standard InChI is InChI=1S/C24H26N2O4S/c1-17-9-12-20(13-10-17)31(28,29)26-22-14-11-18(2)15-21(22)24(25-16-23(27)30-3)19-7-5-4-6-8-19/h4-15,24-26H,16H2,1-3H3/p+1. The van der Waals surface area contributed by atoms with Gasteiger partial charge in [0.2, 0.25) is 0 Å². The second-order valence-corrected chi connectivity index (χ2v) is 9.10. The van der Waals surface area contributed by atoms with E-state index in [-0.39, 0.29) is 23.5 Å². The molecule has 0 aliphatic heterocycles. The summed E-state index contributed by atoms with van der Waals surface area (Å²) >= 11 is 0. The van der Waals surface area contributed by atoms with Crippen molar-refractivity contribution >= 4 is 21.7 Å². The highest BCUT2D eigenvalue weighted by atomic mass is 32.2. The monoisotopic (exact) mass is 439 g/mol. The molecule has 3 rings (SSSR count). The van der Waals surface area contributed by atoms with Crippen LogP contribution in [0.4, 0.5) is 5.69 Å². The molecule has 0 heterocycles. The van der Waals surface area contributed by atoms with Gasteiger partial charge in [0, 0.05) is 11.1 Å². The van der Waals surface area contributed by atoms with Gasteiger partial charge in [-0.15, -0.1) is 0 Å². The van der Waals surface area contributed by atoms with Crippen LogP contribution < -0.4 is 10.0 Å². The molecule has 0 radical (unpaired) electrons. The molecule has 31 heavy (non-hydrogen) atoms. The number of benzene rings is 3. The van der Waals surface area contributed by atoms with E-state index in [1.54, 1.807) is 30.3 Å². The van der Waals surface area contributed by atoms with Gasteiger partial charge in [0.1, 0.15) is 6.04 Å². The minimum atomic E-state index is -3.77. The highest BCUT2D eigenvalue weighted by molar-refractivity contribution is 7.92. The number of ether oxygens (including phenoxy) is 1. The summed E-state index contributed by atoms with van der Waals surface area (Å²) in [7, 11) is -2.42. The zero-order chi connectivity index (χ0) is 22.4. The van der Waals surface area contributed by atoms with E-state index in [0.717, 1.165) is 22.3 Å². The normalized spacial score (nSPS) is 12.2. The third kappa shape index (κ3) is 5.71. The van der Waals surface area contributed by atoms with E-state index in [0.29, 0.717) is 5.69 Å². The van der Waals surface area contributed by atoms with Crippen LogP contribution in [0.3, 0.4) is 0 Å². The largest absolute Gasteiger partial charge is 0.465 e. The Kier molecular flexibility index (Phi) is 7.09. The van der Waals surface area contributed by atoms with E-state index in [1.165, 1.54) is 7.11 Å². The number of quaternary nitrogens is 1. The van der Waals surface area contributed by atoms with Gasteiger partial charge in [0.05, 0.1) is 17.7 Å². The number of anilines is 1. The van der Waals surface area contributed by atoms with Crippen molar-refractivity contribution in [1.82, 2.24) is 0 Å². The van der Waals surface area contributed by atoms with Crippen LogP contribution in [0, 0.1) is 13.8 Å². The first-order valence-corrected chi connectivity index (χ1v) is 11.4. The summed E-state index contributed by atoms with van der Waals surface area (Å²) in [5, 5.41) is 1.85. The highest BCUT2D eigenvalue weighted by Crippen LogP contribution is 2.29. The summed E-state index contributed by atoms with van der Waals surface area (Å²) < 4.78 is 33.6. The van der Waals surface area contributed by atoms with Crippen molar-refractivity contribution in [3.63, 3.8) is 0 Å². The van der Waals surface area contributed by atoms with Crippen molar-refractivity contribution in [2.24, 2.45) is 0 Å². The van der Waals surface area contributed by atoms with Crippen LogP contribution >= 0.6 is 0 Å². The third-order valence-electron chi connectivity index (χ3n) is 5.02. The molecule has 3 aromatic carbocycles. The SMILES string of the molecule is COC(=O)C[NH2+]C(c1ccccc1)c1cc(C)ccc1NS(=O)(=O)c1ccc(C)cc1. The van der Waals surface area contributed by atoms with Crippen molar-refractivity contribution in [3.05, 3.63) is 95.1 Å². The molecule has 1 atom stereocenters. The molecule has 162 valence electrons. The molecule has 0 aliphatic carbocycles. The number of sulfonamides is 1. The molecule has 3 N–H and O–H groups in total. The lowest BCUT2D eigenvalue weighted by Crippen LogP contribution is -2.87. The highest BCUT2D eigenvalue weighted by Gasteiger charge is 2.25. The summed E-state index contributed by atoms with van der Waals surface area (Å²) in [6.45, 7) is 3.96. The van der Waals surface area contributed by atoms with Crippen molar-refractivity contribution in [3.8, 4) is 0 Å². The molecule has 1 unspecified atom stereocenters. The number of esters is 1. The van der Waals surface area contributed by atoms with Gasteiger partial charge in [-0.2, -0.15) is 0 Å². The Morgan fingerprint density at radius 1 is 0.968 bits per heavy atom. The predicted molar refractivity (Wildman–Crippen MR) is 120 cm³/mol. The lowest BCUT2D eigenvalue weighted by atomic mass is 9.96. The second kappa shape index (κ2) is 9.76. The van der Waals surface area contributed by atoms with Gasteiger partial charge in [-0.25, -0.2) is 13.2 Å². The lowest BCUT2D eigenvalue weighted by molar-refractivity contribution is -0.677.